The van der Waals surface area contributed by atoms with Gasteiger partial charge in [0.2, 0.25) is 0 Å². The summed E-state index contributed by atoms with van der Waals surface area (Å²) in [6, 6.07) is 14.3. The molecule has 0 fully saturated rings. The Kier molecular flexibility index (Phi) is 4.09. The van der Waals surface area contributed by atoms with Crippen LogP contribution >= 0.6 is 0 Å². The van der Waals surface area contributed by atoms with Gasteiger partial charge in [-0.05, 0) is 39.8 Å². The van der Waals surface area contributed by atoms with Gasteiger partial charge in [-0.3, -0.25) is 0 Å². The number of rotatable bonds is 6. The third-order valence-electron chi connectivity index (χ3n) is 3.42. The SMILES string of the molecule is CCCCn1nnnc1COc1ccc2ccccc2c1. The van der Waals surface area contributed by atoms with Crippen LogP contribution in [0.5, 0.6) is 5.75 Å². The van der Waals surface area contributed by atoms with E-state index in [2.05, 4.69) is 40.6 Å². The van der Waals surface area contributed by atoms with Gasteiger partial charge in [-0.2, -0.15) is 0 Å². The monoisotopic (exact) mass is 282 g/mol. The van der Waals surface area contributed by atoms with Gasteiger partial charge in [-0.25, -0.2) is 4.68 Å². The molecule has 1 heterocycles. The fourth-order valence-corrected chi connectivity index (χ4v) is 2.21. The molecule has 0 N–H and O–H groups in total. The normalized spacial score (nSPS) is 10.9. The van der Waals surface area contributed by atoms with Gasteiger partial charge in [0.15, 0.2) is 5.82 Å². The van der Waals surface area contributed by atoms with Crippen molar-refractivity contribution in [1.82, 2.24) is 20.2 Å². The summed E-state index contributed by atoms with van der Waals surface area (Å²) in [5.41, 5.74) is 0. The summed E-state index contributed by atoms with van der Waals surface area (Å²) in [7, 11) is 0. The maximum Gasteiger partial charge on any atom is 0.189 e. The average Bonchev–Trinajstić information content (AvgIpc) is 2.98. The van der Waals surface area contributed by atoms with Crippen molar-refractivity contribution < 1.29 is 4.74 Å². The van der Waals surface area contributed by atoms with Crippen molar-refractivity contribution >= 4 is 10.8 Å². The summed E-state index contributed by atoms with van der Waals surface area (Å²) in [4.78, 5) is 0. The number of tetrazole rings is 1. The number of nitrogens with zero attached hydrogens (tertiary/aromatic N) is 4. The molecule has 5 heteroatoms. The second kappa shape index (κ2) is 6.35. The van der Waals surface area contributed by atoms with Crippen LogP contribution in [0.1, 0.15) is 25.6 Å². The molecule has 3 aromatic rings. The van der Waals surface area contributed by atoms with E-state index >= 15 is 0 Å². The van der Waals surface area contributed by atoms with Gasteiger partial charge < -0.3 is 4.74 Å². The minimum atomic E-state index is 0.384. The summed E-state index contributed by atoms with van der Waals surface area (Å²) >= 11 is 0. The maximum atomic E-state index is 5.82. The molecule has 3 rings (SSSR count). The molecular weight excluding hydrogens is 264 g/mol. The van der Waals surface area contributed by atoms with Crippen LogP contribution in [0.3, 0.4) is 0 Å². The molecule has 0 aliphatic heterocycles. The lowest BCUT2D eigenvalue weighted by molar-refractivity contribution is 0.286. The van der Waals surface area contributed by atoms with Crippen molar-refractivity contribution in [3.63, 3.8) is 0 Å². The number of aryl methyl sites for hydroxylation is 1. The Bertz CT molecular complexity index is 723. The third-order valence-corrected chi connectivity index (χ3v) is 3.42. The lowest BCUT2D eigenvalue weighted by atomic mass is 10.1. The quantitative estimate of drug-likeness (QED) is 0.696. The van der Waals surface area contributed by atoms with Crippen molar-refractivity contribution in [2.24, 2.45) is 0 Å². The largest absolute Gasteiger partial charge is 0.486 e. The van der Waals surface area contributed by atoms with Crippen LogP contribution in [0.25, 0.3) is 10.8 Å². The Morgan fingerprint density at radius 2 is 1.95 bits per heavy atom. The first-order chi connectivity index (χ1) is 10.4. The van der Waals surface area contributed by atoms with Crippen molar-refractivity contribution in [2.75, 3.05) is 0 Å². The molecular formula is C16H18N4O. The number of aromatic nitrogens is 4. The van der Waals surface area contributed by atoms with E-state index in [-0.39, 0.29) is 0 Å². The highest BCUT2D eigenvalue weighted by Gasteiger charge is 2.06. The third kappa shape index (κ3) is 3.18. The minimum absolute atomic E-state index is 0.384. The summed E-state index contributed by atoms with van der Waals surface area (Å²) in [6.07, 6.45) is 2.18. The van der Waals surface area contributed by atoms with Crippen LogP contribution in [0.4, 0.5) is 0 Å². The summed E-state index contributed by atoms with van der Waals surface area (Å²) in [6.45, 7) is 3.37. The second-order valence-corrected chi connectivity index (χ2v) is 4.97. The molecule has 2 aromatic carbocycles. The highest BCUT2D eigenvalue weighted by molar-refractivity contribution is 5.83. The molecule has 1 aromatic heterocycles. The van der Waals surface area contributed by atoms with E-state index in [1.807, 2.05) is 28.9 Å². The van der Waals surface area contributed by atoms with Gasteiger partial charge in [0.25, 0.3) is 0 Å². The average molecular weight is 282 g/mol. The van der Waals surface area contributed by atoms with E-state index < -0.39 is 0 Å². The van der Waals surface area contributed by atoms with Gasteiger partial charge in [0.1, 0.15) is 12.4 Å². The van der Waals surface area contributed by atoms with E-state index in [0.29, 0.717) is 6.61 Å². The first kappa shape index (κ1) is 13.5. The molecule has 0 amide bonds. The lowest BCUT2D eigenvalue weighted by Gasteiger charge is -2.07. The van der Waals surface area contributed by atoms with Crippen LogP contribution in [-0.4, -0.2) is 20.2 Å². The minimum Gasteiger partial charge on any atom is -0.486 e. The predicted molar refractivity (Wildman–Crippen MR) is 81.0 cm³/mol. The molecule has 0 spiro atoms. The number of hydrogen-bond acceptors (Lipinski definition) is 4. The molecule has 0 unspecified atom stereocenters. The summed E-state index contributed by atoms with van der Waals surface area (Å²) < 4.78 is 7.63. The highest BCUT2D eigenvalue weighted by Crippen LogP contribution is 2.21. The topological polar surface area (TPSA) is 52.8 Å². The van der Waals surface area contributed by atoms with Gasteiger partial charge in [-0.15, -0.1) is 5.10 Å². The number of benzene rings is 2. The molecule has 0 bridgehead atoms. The zero-order valence-electron chi connectivity index (χ0n) is 12.1. The van der Waals surface area contributed by atoms with E-state index in [1.54, 1.807) is 0 Å². The first-order valence-corrected chi connectivity index (χ1v) is 7.23. The van der Waals surface area contributed by atoms with E-state index in [9.17, 15) is 0 Å². The van der Waals surface area contributed by atoms with Gasteiger partial charge in [0.05, 0.1) is 0 Å². The maximum absolute atomic E-state index is 5.82. The number of fused-ring (bicyclic) bond motifs is 1. The number of unbranched alkanes of at least 4 members (excludes halogenated alkanes) is 1. The van der Waals surface area contributed by atoms with Crippen LogP contribution in [-0.2, 0) is 13.2 Å². The van der Waals surface area contributed by atoms with Crippen molar-refractivity contribution in [3.05, 3.63) is 48.3 Å². The van der Waals surface area contributed by atoms with Gasteiger partial charge in [-0.1, -0.05) is 43.7 Å². The molecule has 0 saturated heterocycles. The Hall–Kier alpha value is -2.43. The molecule has 0 aliphatic rings. The van der Waals surface area contributed by atoms with Crippen LogP contribution < -0.4 is 4.74 Å². The molecule has 108 valence electrons. The standard InChI is InChI=1S/C16H18N4O/c1-2-3-10-20-16(17-18-19-20)12-21-15-9-8-13-6-4-5-7-14(13)11-15/h4-9,11H,2-3,10,12H2,1H3. The molecule has 0 aliphatic carbocycles. The molecule has 21 heavy (non-hydrogen) atoms. The Morgan fingerprint density at radius 1 is 1.10 bits per heavy atom. The zero-order valence-corrected chi connectivity index (χ0v) is 12.1. The Balaban J connectivity index is 1.70. The smallest absolute Gasteiger partial charge is 0.189 e. The summed E-state index contributed by atoms with van der Waals surface area (Å²) in [5, 5.41) is 14.1. The fraction of sp³-hybridized carbons (Fsp3) is 0.312. The van der Waals surface area contributed by atoms with Crippen molar-refractivity contribution in [1.29, 1.82) is 0 Å². The molecule has 0 atom stereocenters. The lowest BCUT2D eigenvalue weighted by Crippen LogP contribution is -2.08. The Morgan fingerprint density at radius 3 is 2.81 bits per heavy atom. The van der Waals surface area contributed by atoms with Gasteiger partial charge >= 0.3 is 0 Å². The zero-order chi connectivity index (χ0) is 14.5. The summed E-state index contributed by atoms with van der Waals surface area (Å²) in [5.74, 6) is 1.59. The molecule has 0 radical (unpaired) electrons. The van der Waals surface area contributed by atoms with Crippen molar-refractivity contribution in [2.45, 2.75) is 32.9 Å². The molecule has 5 nitrogen and oxygen atoms in total. The van der Waals surface area contributed by atoms with Crippen LogP contribution in [0, 0.1) is 0 Å². The van der Waals surface area contributed by atoms with Crippen LogP contribution in [0.15, 0.2) is 42.5 Å². The van der Waals surface area contributed by atoms with E-state index in [0.717, 1.165) is 31.0 Å². The van der Waals surface area contributed by atoms with Crippen LogP contribution in [0.2, 0.25) is 0 Å². The molecule has 0 saturated carbocycles. The number of hydrogen-bond donors (Lipinski definition) is 0. The highest BCUT2D eigenvalue weighted by atomic mass is 16.5. The predicted octanol–water partition coefficient (Wildman–Crippen LogP) is 3.21. The van der Waals surface area contributed by atoms with E-state index in [1.165, 1.54) is 10.8 Å². The second-order valence-electron chi connectivity index (χ2n) is 4.97. The van der Waals surface area contributed by atoms with Crippen molar-refractivity contribution in [3.8, 4) is 5.75 Å². The first-order valence-electron chi connectivity index (χ1n) is 7.23. The van der Waals surface area contributed by atoms with E-state index in [4.69, 9.17) is 4.74 Å². The fourth-order valence-electron chi connectivity index (χ4n) is 2.21. The Labute approximate surface area is 123 Å². The van der Waals surface area contributed by atoms with Gasteiger partial charge in [0, 0.05) is 6.54 Å². The number of ether oxygens (including phenoxy) is 1.